The van der Waals surface area contributed by atoms with Gasteiger partial charge < -0.3 is 9.84 Å². The molecule has 0 saturated carbocycles. The summed E-state index contributed by atoms with van der Waals surface area (Å²) in [4.78, 5) is 0. The highest BCUT2D eigenvalue weighted by atomic mass is 79.9. The third-order valence-electron chi connectivity index (χ3n) is 1.60. The molecule has 0 aromatic carbocycles. The number of halogens is 1. The molecule has 0 aliphatic heterocycles. The van der Waals surface area contributed by atoms with Crippen molar-refractivity contribution in [2.24, 2.45) is 0 Å². The van der Waals surface area contributed by atoms with E-state index in [-0.39, 0.29) is 0 Å². The third-order valence-corrected chi connectivity index (χ3v) is 3.12. The molecule has 0 aliphatic rings. The van der Waals surface area contributed by atoms with Crippen LogP contribution >= 0.6 is 27.3 Å². The van der Waals surface area contributed by atoms with Crippen LogP contribution in [-0.4, -0.2) is 18.3 Å². The predicted octanol–water partition coefficient (Wildman–Crippen LogP) is 2.97. The normalized spacial score (nSPS) is 13.2. The average Bonchev–Trinajstić information content (AvgIpc) is 2.52. The first-order valence-corrected chi connectivity index (χ1v) is 5.91. The zero-order chi connectivity index (χ0) is 9.68. The summed E-state index contributed by atoms with van der Waals surface area (Å²) in [6.45, 7) is 3.15. The Morgan fingerprint density at radius 1 is 1.69 bits per heavy atom. The summed E-state index contributed by atoms with van der Waals surface area (Å²) in [5.41, 5.74) is 0.924. The maximum Gasteiger partial charge on any atom is 0.103 e. The molecule has 13 heavy (non-hydrogen) atoms. The molecule has 1 N–H and O–H groups in total. The summed E-state index contributed by atoms with van der Waals surface area (Å²) in [6, 6.07) is 1.92. The smallest absolute Gasteiger partial charge is 0.103 e. The maximum atomic E-state index is 9.62. The van der Waals surface area contributed by atoms with E-state index >= 15 is 0 Å². The topological polar surface area (TPSA) is 29.5 Å². The van der Waals surface area contributed by atoms with Crippen molar-refractivity contribution in [2.45, 2.75) is 19.4 Å². The molecule has 1 aromatic heterocycles. The molecule has 0 saturated heterocycles. The van der Waals surface area contributed by atoms with Gasteiger partial charge in [0.25, 0.3) is 0 Å². The molecule has 0 fully saturated rings. The Bertz CT molecular complexity index is 250. The van der Waals surface area contributed by atoms with Gasteiger partial charge in [-0.2, -0.15) is 0 Å². The number of aliphatic hydroxyl groups is 1. The van der Waals surface area contributed by atoms with Gasteiger partial charge in [0, 0.05) is 6.61 Å². The first-order valence-electron chi connectivity index (χ1n) is 4.23. The van der Waals surface area contributed by atoms with Crippen LogP contribution < -0.4 is 0 Å². The van der Waals surface area contributed by atoms with Gasteiger partial charge in [-0.15, -0.1) is 11.3 Å². The summed E-state index contributed by atoms with van der Waals surface area (Å²) < 4.78 is 6.29. The Balaban J connectivity index is 2.35. The number of hydrogen-bond acceptors (Lipinski definition) is 3. The lowest BCUT2D eigenvalue weighted by atomic mass is 10.2. The molecule has 2 nitrogen and oxygen atoms in total. The lowest BCUT2D eigenvalue weighted by Gasteiger charge is -2.08. The van der Waals surface area contributed by atoms with Gasteiger partial charge in [0.2, 0.25) is 0 Å². The fourth-order valence-corrected chi connectivity index (χ4v) is 2.16. The van der Waals surface area contributed by atoms with Gasteiger partial charge in [0.1, 0.15) is 6.10 Å². The van der Waals surface area contributed by atoms with E-state index in [2.05, 4.69) is 15.9 Å². The largest absolute Gasteiger partial charge is 0.386 e. The van der Waals surface area contributed by atoms with Gasteiger partial charge in [0.15, 0.2) is 0 Å². The van der Waals surface area contributed by atoms with E-state index in [1.54, 1.807) is 11.3 Å². The van der Waals surface area contributed by atoms with Gasteiger partial charge >= 0.3 is 0 Å². The molecule has 1 unspecified atom stereocenters. The maximum absolute atomic E-state index is 9.62. The van der Waals surface area contributed by atoms with Crippen molar-refractivity contribution in [3.8, 4) is 0 Å². The van der Waals surface area contributed by atoms with Crippen LogP contribution in [0.3, 0.4) is 0 Å². The monoisotopic (exact) mass is 264 g/mol. The Hall–Kier alpha value is 0.100. The second kappa shape index (κ2) is 5.75. The Morgan fingerprint density at radius 3 is 3.00 bits per heavy atom. The van der Waals surface area contributed by atoms with Crippen LogP contribution in [0.5, 0.6) is 0 Å². The second-order valence-electron chi connectivity index (χ2n) is 2.77. The Labute approximate surface area is 90.7 Å². The van der Waals surface area contributed by atoms with Crippen molar-refractivity contribution in [1.82, 2.24) is 0 Å². The average molecular weight is 265 g/mol. The molecule has 1 rings (SSSR count). The van der Waals surface area contributed by atoms with E-state index in [9.17, 15) is 5.11 Å². The second-order valence-corrected chi connectivity index (χ2v) is 5.07. The first-order chi connectivity index (χ1) is 6.24. The van der Waals surface area contributed by atoms with E-state index < -0.39 is 6.10 Å². The van der Waals surface area contributed by atoms with Crippen molar-refractivity contribution in [3.63, 3.8) is 0 Å². The quantitative estimate of drug-likeness (QED) is 0.829. The van der Waals surface area contributed by atoms with Crippen molar-refractivity contribution >= 4 is 27.3 Å². The number of aliphatic hydroxyl groups excluding tert-OH is 1. The van der Waals surface area contributed by atoms with Crippen LogP contribution in [0.2, 0.25) is 0 Å². The van der Waals surface area contributed by atoms with E-state index in [0.717, 1.165) is 15.8 Å². The highest BCUT2D eigenvalue weighted by molar-refractivity contribution is 9.11. The predicted molar refractivity (Wildman–Crippen MR) is 58.1 cm³/mol. The lowest BCUT2D eigenvalue weighted by molar-refractivity contribution is 0.0366. The molecule has 0 aliphatic carbocycles. The van der Waals surface area contributed by atoms with Crippen LogP contribution in [0.25, 0.3) is 0 Å². The van der Waals surface area contributed by atoms with Crippen molar-refractivity contribution < 1.29 is 9.84 Å². The van der Waals surface area contributed by atoms with Crippen molar-refractivity contribution in [2.75, 3.05) is 13.2 Å². The van der Waals surface area contributed by atoms with E-state index in [1.807, 2.05) is 18.4 Å². The Morgan fingerprint density at radius 2 is 2.46 bits per heavy atom. The number of hydrogen-bond donors (Lipinski definition) is 1. The van der Waals surface area contributed by atoms with E-state index in [0.29, 0.717) is 13.2 Å². The minimum atomic E-state index is -0.492. The molecule has 1 aromatic rings. The first kappa shape index (κ1) is 11.2. The summed E-state index contributed by atoms with van der Waals surface area (Å²) in [5.74, 6) is 0. The molecule has 1 atom stereocenters. The molecule has 0 spiro atoms. The Kier molecular flexibility index (Phi) is 4.94. The summed E-state index contributed by atoms with van der Waals surface area (Å²) >= 11 is 4.92. The standard InChI is InChI=1S/C9H13BrO2S/c1-2-3-12-5-8(11)7-4-9(10)13-6-7/h4,6,8,11H,2-3,5H2,1H3. The number of ether oxygens (including phenoxy) is 1. The molecule has 0 amide bonds. The molecule has 1 heterocycles. The highest BCUT2D eigenvalue weighted by Gasteiger charge is 2.08. The molecule has 74 valence electrons. The molecule has 0 radical (unpaired) electrons. The van der Waals surface area contributed by atoms with Gasteiger partial charge in [-0.25, -0.2) is 0 Å². The minimum absolute atomic E-state index is 0.386. The van der Waals surface area contributed by atoms with Crippen LogP contribution in [0.1, 0.15) is 25.0 Å². The van der Waals surface area contributed by atoms with Crippen LogP contribution in [0.15, 0.2) is 15.2 Å². The van der Waals surface area contributed by atoms with Crippen LogP contribution in [-0.2, 0) is 4.74 Å². The van der Waals surface area contributed by atoms with Crippen LogP contribution in [0.4, 0.5) is 0 Å². The van der Waals surface area contributed by atoms with E-state index in [1.165, 1.54) is 0 Å². The summed E-state index contributed by atoms with van der Waals surface area (Å²) in [7, 11) is 0. The van der Waals surface area contributed by atoms with Crippen molar-refractivity contribution in [1.29, 1.82) is 0 Å². The summed E-state index contributed by atoms with van der Waals surface area (Å²) in [5, 5.41) is 11.6. The third kappa shape index (κ3) is 3.77. The molecule has 0 bridgehead atoms. The molecular weight excluding hydrogens is 252 g/mol. The van der Waals surface area contributed by atoms with Crippen molar-refractivity contribution in [3.05, 3.63) is 20.8 Å². The number of rotatable bonds is 5. The van der Waals surface area contributed by atoms with Gasteiger partial charge in [-0.05, 0) is 39.4 Å². The highest BCUT2D eigenvalue weighted by Crippen LogP contribution is 2.25. The van der Waals surface area contributed by atoms with E-state index in [4.69, 9.17) is 4.74 Å². The number of thiophene rings is 1. The zero-order valence-corrected chi connectivity index (χ0v) is 9.90. The van der Waals surface area contributed by atoms with Gasteiger partial charge in [0.05, 0.1) is 10.4 Å². The van der Waals surface area contributed by atoms with Gasteiger partial charge in [-0.1, -0.05) is 6.92 Å². The fraction of sp³-hybridized carbons (Fsp3) is 0.556. The minimum Gasteiger partial charge on any atom is -0.386 e. The zero-order valence-electron chi connectivity index (χ0n) is 7.50. The molecular formula is C9H13BrO2S. The fourth-order valence-electron chi connectivity index (χ4n) is 0.934. The lowest BCUT2D eigenvalue weighted by Crippen LogP contribution is -2.06. The summed E-state index contributed by atoms with van der Waals surface area (Å²) in [6.07, 6.45) is 0.495. The van der Waals surface area contributed by atoms with Gasteiger partial charge in [-0.3, -0.25) is 0 Å². The van der Waals surface area contributed by atoms with Crippen LogP contribution in [0, 0.1) is 0 Å². The molecule has 4 heteroatoms. The SMILES string of the molecule is CCCOCC(O)c1csc(Br)c1.